The number of ether oxygens (including phenoxy) is 1. The minimum atomic E-state index is -0.430. The van der Waals surface area contributed by atoms with Crippen LogP contribution in [-0.4, -0.2) is 40.2 Å². The Morgan fingerprint density at radius 1 is 1.43 bits per heavy atom. The molecule has 1 aromatic heterocycles. The first-order valence-electron chi connectivity index (χ1n) is 6.16. The number of amidine groups is 1. The predicted molar refractivity (Wildman–Crippen MR) is 80.7 cm³/mol. The molecule has 0 aliphatic carbocycles. The summed E-state index contributed by atoms with van der Waals surface area (Å²) < 4.78 is 24.7. The molecule has 0 aliphatic rings. The molecule has 0 aliphatic heterocycles. The minimum Gasteiger partial charge on any atom is -0.468 e. The van der Waals surface area contributed by atoms with E-state index in [2.05, 4.69) is 34.9 Å². The zero-order valence-electron chi connectivity index (χ0n) is 11.8. The number of carbonyl (C=O) groups excluding carboxylic acids is 1. The number of esters is 1. The Hall–Kier alpha value is -2.82. The number of methoxy groups -OCH3 is 1. The molecule has 0 bridgehead atoms. The van der Waals surface area contributed by atoms with Crippen molar-refractivity contribution in [2.45, 2.75) is 0 Å². The second-order valence-corrected chi connectivity index (χ2v) is 4.79. The lowest BCUT2D eigenvalue weighted by Crippen LogP contribution is -2.16. The van der Waals surface area contributed by atoms with Gasteiger partial charge in [0.15, 0.2) is 5.69 Å². The number of oxime groups is 1. The zero-order chi connectivity index (χ0) is 16.7. The first kappa shape index (κ1) is 16.5. The lowest BCUT2D eigenvalue weighted by atomic mass is 10.3. The number of hydrogen-bond donors (Lipinski definition) is 3. The fourth-order valence-electron chi connectivity index (χ4n) is 1.43. The first-order valence-corrected chi connectivity index (χ1v) is 7.14. The van der Waals surface area contributed by atoms with Crippen molar-refractivity contribution in [3.05, 3.63) is 35.8 Å². The van der Waals surface area contributed by atoms with Gasteiger partial charge in [-0.15, -0.1) is 0 Å². The highest BCUT2D eigenvalue weighted by Gasteiger charge is 2.18. The third kappa shape index (κ3) is 4.57. The van der Waals surface area contributed by atoms with Gasteiger partial charge in [0.25, 0.3) is 0 Å². The van der Waals surface area contributed by atoms with Crippen LogP contribution in [0.15, 0.2) is 34.1 Å². The molecule has 1 aromatic carbocycles. The van der Waals surface area contributed by atoms with Crippen molar-refractivity contribution in [2.75, 3.05) is 22.9 Å². The lowest BCUT2D eigenvalue weighted by molar-refractivity contribution is -0.137. The molecule has 0 unspecified atom stereocenters. The zero-order valence-corrected chi connectivity index (χ0v) is 12.6. The van der Waals surface area contributed by atoms with Crippen LogP contribution in [0.5, 0.6) is 0 Å². The number of halogens is 1. The van der Waals surface area contributed by atoms with Gasteiger partial charge in [0, 0.05) is 5.69 Å². The molecule has 23 heavy (non-hydrogen) atoms. The van der Waals surface area contributed by atoms with Crippen LogP contribution < -0.4 is 10.0 Å². The summed E-state index contributed by atoms with van der Waals surface area (Å²) in [5.41, 5.74) is 0.546. The molecule has 9 nitrogen and oxygen atoms in total. The fraction of sp³-hybridized carbons (Fsp3) is 0.167. The van der Waals surface area contributed by atoms with E-state index in [1.807, 2.05) is 0 Å². The summed E-state index contributed by atoms with van der Waals surface area (Å²) in [7, 11) is 1.27. The van der Waals surface area contributed by atoms with E-state index in [1.165, 1.54) is 31.4 Å². The van der Waals surface area contributed by atoms with E-state index in [4.69, 9.17) is 5.21 Å². The monoisotopic (exact) mass is 341 g/mol. The number of hydrogen-bond acceptors (Lipinski definition) is 9. The molecule has 0 fully saturated rings. The number of aromatic nitrogens is 2. The van der Waals surface area contributed by atoms with Gasteiger partial charge in [-0.25, -0.2) is 9.02 Å². The van der Waals surface area contributed by atoms with Crippen molar-refractivity contribution >= 4 is 35.3 Å². The second-order valence-electron chi connectivity index (χ2n) is 4.01. The Labute approximate surface area is 134 Å². The normalized spacial score (nSPS) is 11.1. The van der Waals surface area contributed by atoms with Gasteiger partial charge in [-0.1, -0.05) is 5.16 Å². The summed E-state index contributed by atoms with van der Waals surface area (Å²) in [6.45, 7) is 0. The van der Waals surface area contributed by atoms with Crippen molar-refractivity contribution < 1.29 is 23.8 Å². The Kier molecular flexibility index (Phi) is 5.74. The molecule has 0 atom stereocenters. The molecule has 2 aromatic rings. The minimum absolute atomic E-state index is 0.0276. The van der Waals surface area contributed by atoms with Crippen molar-refractivity contribution in [3.63, 3.8) is 0 Å². The van der Waals surface area contributed by atoms with Gasteiger partial charge in [-0.05, 0) is 46.5 Å². The maximum Gasteiger partial charge on any atom is 0.317 e. The molecule has 0 spiro atoms. The maximum absolute atomic E-state index is 12.9. The van der Waals surface area contributed by atoms with Crippen molar-refractivity contribution in [1.29, 1.82) is 0 Å². The summed E-state index contributed by atoms with van der Waals surface area (Å²) >= 11 is 0.993. The van der Waals surface area contributed by atoms with E-state index < -0.39 is 11.8 Å². The van der Waals surface area contributed by atoms with Gasteiger partial charge >= 0.3 is 5.97 Å². The van der Waals surface area contributed by atoms with E-state index in [1.54, 1.807) is 0 Å². The van der Waals surface area contributed by atoms with Crippen LogP contribution in [0.25, 0.3) is 0 Å². The average Bonchev–Trinajstić information content (AvgIpc) is 3.02. The highest BCUT2D eigenvalue weighted by Crippen LogP contribution is 2.17. The quantitative estimate of drug-likeness (QED) is 0.180. The molecule has 3 N–H and O–H groups in total. The number of rotatable bonds is 6. The molecular formula is C12H12FN5O4S. The number of nitrogens with one attached hydrogen (secondary N) is 2. The molecule has 11 heteroatoms. The molecule has 0 saturated carbocycles. The van der Waals surface area contributed by atoms with E-state index >= 15 is 0 Å². The SMILES string of the molecule is COC(=O)CSNc1nonc1/C(=N/O)Nc1ccc(F)cc1. The van der Waals surface area contributed by atoms with Crippen molar-refractivity contribution in [1.82, 2.24) is 10.3 Å². The molecule has 0 amide bonds. The topological polar surface area (TPSA) is 122 Å². The fourth-order valence-corrected chi connectivity index (χ4v) is 2.01. The number of benzene rings is 1. The van der Waals surface area contributed by atoms with Crippen molar-refractivity contribution in [3.8, 4) is 0 Å². The molecule has 122 valence electrons. The Bertz CT molecular complexity index is 691. The van der Waals surface area contributed by atoms with Gasteiger partial charge in [-0.3, -0.25) is 4.79 Å². The van der Waals surface area contributed by atoms with Crippen LogP contribution in [0.2, 0.25) is 0 Å². The Morgan fingerprint density at radius 2 is 2.17 bits per heavy atom. The van der Waals surface area contributed by atoms with Crippen LogP contribution in [0.1, 0.15) is 5.69 Å². The molecule has 2 rings (SSSR count). The summed E-state index contributed by atoms with van der Waals surface area (Å²) in [4.78, 5) is 11.0. The van der Waals surface area contributed by atoms with Gasteiger partial charge in [0.2, 0.25) is 11.7 Å². The number of nitrogens with zero attached hydrogens (tertiary/aromatic N) is 3. The maximum atomic E-state index is 12.9. The predicted octanol–water partition coefficient (Wildman–Crippen LogP) is 1.69. The molecular weight excluding hydrogens is 329 g/mol. The summed E-state index contributed by atoms with van der Waals surface area (Å²) in [6.07, 6.45) is 0. The third-order valence-corrected chi connectivity index (χ3v) is 3.22. The Morgan fingerprint density at radius 3 is 2.83 bits per heavy atom. The van der Waals surface area contributed by atoms with E-state index in [-0.39, 0.29) is 23.1 Å². The summed E-state index contributed by atoms with van der Waals surface area (Å²) in [5.74, 6) is -0.733. The Balaban J connectivity index is 2.05. The molecule has 0 radical (unpaired) electrons. The average molecular weight is 341 g/mol. The van der Waals surface area contributed by atoms with E-state index in [9.17, 15) is 9.18 Å². The van der Waals surface area contributed by atoms with E-state index in [0.717, 1.165) is 11.9 Å². The van der Waals surface area contributed by atoms with Crippen molar-refractivity contribution in [2.24, 2.45) is 5.16 Å². The largest absolute Gasteiger partial charge is 0.468 e. The number of carbonyl (C=O) groups is 1. The van der Waals surface area contributed by atoms with Crippen LogP contribution in [0, 0.1) is 5.82 Å². The van der Waals surface area contributed by atoms with Crippen LogP contribution in [0.4, 0.5) is 15.9 Å². The van der Waals surface area contributed by atoms with Crippen LogP contribution >= 0.6 is 11.9 Å². The van der Waals surface area contributed by atoms with E-state index in [0.29, 0.717) is 5.69 Å². The third-order valence-electron chi connectivity index (χ3n) is 2.51. The molecule has 0 saturated heterocycles. The highest BCUT2D eigenvalue weighted by atomic mass is 32.2. The van der Waals surface area contributed by atoms with Gasteiger partial charge in [0.1, 0.15) is 11.6 Å². The van der Waals surface area contributed by atoms with Crippen LogP contribution in [-0.2, 0) is 9.53 Å². The highest BCUT2D eigenvalue weighted by molar-refractivity contribution is 8.01. The summed E-state index contributed by atoms with van der Waals surface area (Å²) in [5, 5.41) is 22.2. The van der Waals surface area contributed by atoms with Gasteiger partial charge in [-0.2, -0.15) is 0 Å². The number of anilines is 2. The first-order chi connectivity index (χ1) is 11.1. The van der Waals surface area contributed by atoms with Gasteiger partial charge < -0.3 is 20.0 Å². The van der Waals surface area contributed by atoms with Gasteiger partial charge in [0.05, 0.1) is 7.11 Å². The second kappa shape index (κ2) is 7.98. The summed E-state index contributed by atoms with van der Waals surface area (Å²) in [6, 6.07) is 5.38. The lowest BCUT2D eigenvalue weighted by Gasteiger charge is -2.07. The standard InChI is InChI=1S/C12H12FN5O4S/c1-21-9(19)6-23-18-12-10(16-22-17-12)11(15-20)14-8-4-2-7(13)3-5-8/h2-5,20H,6H2,1H3,(H,14,15)(H,17,18). The molecule has 1 heterocycles. The van der Waals surface area contributed by atoms with Crippen LogP contribution in [0.3, 0.4) is 0 Å². The smallest absolute Gasteiger partial charge is 0.317 e.